The highest BCUT2D eigenvalue weighted by Crippen LogP contribution is 2.31. The molecule has 0 radical (unpaired) electrons. The molecule has 1 atom stereocenters. The van der Waals surface area contributed by atoms with Gasteiger partial charge in [-0.05, 0) is 44.4 Å². The van der Waals surface area contributed by atoms with Crippen LogP contribution in [0.15, 0.2) is 23.6 Å². The van der Waals surface area contributed by atoms with Crippen LogP contribution in [0.25, 0.3) is 0 Å². The first-order chi connectivity index (χ1) is 14.0. The van der Waals surface area contributed by atoms with Gasteiger partial charge in [-0.3, -0.25) is 4.79 Å². The molecule has 1 unspecified atom stereocenters. The number of halogens is 1. The van der Waals surface area contributed by atoms with Crippen LogP contribution < -0.4 is 4.74 Å². The lowest BCUT2D eigenvalue weighted by atomic mass is 10.0. The van der Waals surface area contributed by atoms with Crippen molar-refractivity contribution in [3.8, 4) is 5.75 Å². The fraction of sp³-hybridized carbons (Fsp3) is 0.545. The number of rotatable bonds is 9. The minimum absolute atomic E-state index is 0.0736. The second-order valence-corrected chi connectivity index (χ2v) is 9.02. The van der Waals surface area contributed by atoms with Crippen LogP contribution >= 0.6 is 22.9 Å². The molecule has 7 heteroatoms. The van der Waals surface area contributed by atoms with Gasteiger partial charge in [-0.25, -0.2) is 4.98 Å². The lowest BCUT2D eigenvalue weighted by Crippen LogP contribution is -2.41. The fourth-order valence-corrected chi connectivity index (χ4v) is 4.59. The summed E-state index contributed by atoms with van der Waals surface area (Å²) in [5, 5.41) is 12.4. The van der Waals surface area contributed by atoms with Gasteiger partial charge in [0.25, 0.3) is 0 Å². The number of thiazole rings is 1. The lowest BCUT2D eigenvalue weighted by molar-refractivity contribution is -0.138. The first-order valence-corrected chi connectivity index (χ1v) is 11.5. The number of ether oxygens (including phenoxy) is 1. The SMILES string of the molecule is CCC(C)N(Cc1cc(Cl)ccc1OCc1nc(CO)cs1)C(=O)C1CCCC1. The van der Waals surface area contributed by atoms with Crippen LogP contribution in [0.5, 0.6) is 5.75 Å². The summed E-state index contributed by atoms with van der Waals surface area (Å²) in [7, 11) is 0. The van der Waals surface area contributed by atoms with Crippen molar-refractivity contribution in [2.24, 2.45) is 5.92 Å². The Morgan fingerprint density at radius 1 is 1.41 bits per heavy atom. The molecule has 1 N–H and O–H groups in total. The van der Waals surface area contributed by atoms with Gasteiger partial charge in [-0.2, -0.15) is 0 Å². The molecule has 1 aliphatic carbocycles. The van der Waals surface area contributed by atoms with E-state index in [-0.39, 0.29) is 24.5 Å². The van der Waals surface area contributed by atoms with Crippen LogP contribution in [-0.4, -0.2) is 26.9 Å². The zero-order chi connectivity index (χ0) is 20.8. The molecule has 29 heavy (non-hydrogen) atoms. The number of hydrogen-bond acceptors (Lipinski definition) is 5. The van der Waals surface area contributed by atoms with Crippen molar-refractivity contribution in [1.82, 2.24) is 9.88 Å². The Morgan fingerprint density at radius 3 is 2.83 bits per heavy atom. The number of aromatic nitrogens is 1. The molecular formula is C22H29ClN2O3S. The van der Waals surface area contributed by atoms with Gasteiger partial charge in [-0.15, -0.1) is 11.3 Å². The maximum absolute atomic E-state index is 13.2. The number of hydrogen-bond donors (Lipinski definition) is 1. The van der Waals surface area contributed by atoms with Crippen LogP contribution in [0.4, 0.5) is 0 Å². The number of aliphatic hydroxyl groups is 1. The van der Waals surface area contributed by atoms with Crippen molar-refractivity contribution in [3.63, 3.8) is 0 Å². The van der Waals surface area contributed by atoms with E-state index < -0.39 is 0 Å². The van der Waals surface area contributed by atoms with Gasteiger partial charge >= 0.3 is 0 Å². The molecule has 5 nitrogen and oxygen atoms in total. The van der Waals surface area contributed by atoms with Gasteiger partial charge in [-0.1, -0.05) is 31.4 Å². The van der Waals surface area contributed by atoms with Crippen molar-refractivity contribution in [1.29, 1.82) is 0 Å². The summed E-state index contributed by atoms with van der Waals surface area (Å²) in [6, 6.07) is 5.69. The second kappa shape index (κ2) is 10.4. The minimum Gasteiger partial charge on any atom is -0.486 e. The Kier molecular flexibility index (Phi) is 7.92. The smallest absolute Gasteiger partial charge is 0.226 e. The highest BCUT2D eigenvalue weighted by atomic mass is 35.5. The summed E-state index contributed by atoms with van der Waals surface area (Å²) in [5.41, 5.74) is 1.55. The molecule has 1 aromatic carbocycles. The third-order valence-corrected chi connectivity index (χ3v) is 6.69. The Morgan fingerprint density at radius 2 is 2.17 bits per heavy atom. The zero-order valence-corrected chi connectivity index (χ0v) is 18.6. The van der Waals surface area contributed by atoms with E-state index >= 15 is 0 Å². The third-order valence-electron chi connectivity index (χ3n) is 5.59. The number of nitrogens with zero attached hydrogens (tertiary/aromatic N) is 2. The van der Waals surface area contributed by atoms with E-state index in [4.69, 9.17) is 16.3 Å². The summed E-state index contributed by atoms with van der Waals surface area (Å²) in [4.78, 5) is 19.5. The van der Waals surface area contributed by atoms with Crippen LogP contribution in [0, 0.1) is 5.92 Å². The van der Waals surface area contributed by atoms with E-state index in [1.807, 2.05) is 22.4 Å². The van der Waals surface area contributed by atoms with Gasteiger partial charge in [0.05, 0.1) is 12.3 Å². The molecule has 158 valence electrons. The lowest BCUT2D eigenvalue weighted by Gasteiger charge is -2.31. The van der Waals surface area contributed by atoms with E-state index in [1.165, 1.54) is 11.3 Å². The molecule has 1 saturated carbocycles. The molecule has 2 aromatic rings. The topological polar surface area (TPSA) is 62.7 Å². The first kappa shape index (κ1) is 22.1. The maximum atomic E-state index is 13.2. The Hall–Kier alpha value is -1.63. The highest BCUT2D eigenvalue weighted by molar-refractivity contribution is 7.09. The van der Waals surface area contributed by atoms with Gasteiger partial charge in [0.15, 0.2) is 0 Å². The molecule has 0 bridgehead atoms. The van der Waals surface area contributed by atoms with Crippen molar-refractivity contribution in [2.45, 2.75) is 71.8 Å². The summed E-state index contributed by atoms with van der Waals surface area (Å²) in [6.07, 6.45) is 5.15. The standard InChI is InChI=1S/C22H29ClN2O3S/c1-3-15(2)25(22(27)16-6-4-5-7-16)11-17-10-18(23)8-9-20(17)28-13-21-24-19(12-26)14-29-21/h8-10,14-16,26H,3-7,11-13H2,1-2H3. The van der Waals surface area contributed by atoms with E-state index in [0.717, 1.165) is 42.7 Å². The Balaban J connectivity index is 1.77. The first-order valence-electron chi connectivity index (χ1n) is 10.3. The summed E-state index contributed by atoms with van der Waals surface area (Å²) >= 11 is 7.72. The molecule has 3 rings (SSSR count). The van der Waals surface area contributed by atoms with Crippen molar-refractivity contribution in [3.05, 3.63) is 44.9 Å². The molecular weight excluding hydrogens is 408 g/mol. The largest absolute Gasteiger partial charge is 0.486 e. The number of carbonyl (C=O) groups excluding carboxylic acids is 1. The maximum Gasteiger partial charge on any atom is 0.226 e. The molecule has 0 spiro atoms. The monoisotopic (exact) mass is 436 g/mol. The molecule has 1 aliphatic rings. The summed E-state index contributed by atoms with van der Waals surface area (Å²) < 4.78 is 6.03. The molecule has 1 fully saturated rings. The Bertz CT molecular complexity index is 820. The highest BCUT2D eigenvalue weighted by Gasteiger charge is 2.30. The zero-order valence-electron chi connectivity index (χ0n) is 17.1. The van der Waals surface area contributed by atoms with Crippen LogP contribution in [0.1, 0.15) is 62.2 Å². The van der Waals surface area contributed by atoms with E-state index in [9.17, 15) is 9.90 Å². The van der Waals surface area contributed by atoms with Crippen molar-refractivity contribution >= 4 is 28.8 Å². The van der Waals surface area contributed by atoms with Crippen LogP contribution in [-0.2, 0) is 24.6 Å². The van der Waals surface area contributed by atoms with Crippen molar-refractivity contribution in [2.75, 3.05) is 0 Å². The van der Waals surface area contributed by atoms with E-state index in [2.05, 4.69) is 18.8 Å². The molecule has 1 heterocycles. The Labute approximate surface area is 181 Å². The van der Waals surface area contributed by atoms with E-state index in [1.54, 1.807) is 6.07 Å². The predicted molar refractivity (Wildman–Crippen MR) is 116 cm³/mol. The average Bonchev–Trinajstić information content (AvgIpc) is 3.42. The molecule has 1 amide bonds. The van der Waals surface area contributed by atoms with Gasteiger partial charge in [0.2, 0.25) is 5.91 Å². The van der Waals surface area contributed by atoms with E-state index in [0.29, 0.717) is 29.6 Å². The quantitative estimate of drug-likeness (QED) is 0.587. The average molecular weight is 437 g/mol. The number of amides is 1. The van der Waals surface area contributed by atoms with Gasteiger partial charge in [0, 0.05) is 34.5 Å². The second-order valence-electron chi connectivity index (χ2n) is 7.64. The number of benzene rings is 1. The predicted octanol–water partition coefficient (Wildman–Crippen LogP) is 5.19. The number of aliphatic hydroxyl groups excluding tert-OH is 1. The van der Waals surface area contributed by atoms with Gasteiger partial charge < -0.3 is 14.7 Å². The van der Waals surface area contributed by atoms with Crippen molar-refractivity contribution < 1.29 is 14.6 Å². The van der Waals surface area contributed by atoms with Gasteiger partial charge in [0.1, 0.15) is 17.4 Å². The normalized spacial score (nSPS) is 15.4. The fourth-order valence-electron chi connectivity index (χ4n) is 3.70. The molecule has 1 aromatic heterocycles. The molecule has 0 aliphatic heterocycles. The minimum atomic E-state index is -0.0736. The summed E-state index contributed by atoms with van der Waals surface area (Å²) in [5.74, 6) is 1.10. The number of carbonyl (C=O) groups is 1. The molecule has 0 saturated heterocycles. The van der Waals surface area contributed by atoms with Crippen LogP contribution in [0.3, 0.4) is 0 Å². The third kappa shape index (κ3) is 5.71. The van der Waals surface area contributed by atoms with Crippen LogP contribution in [0.2, 0.25) is 5.02 Å². The summed E-state index contributed by atoms with van der Waals surface area (Å²) in [6.45, 7) is 4.94.